The van der Waals surface area contributed by atoms with Crippen molar-refractivity contribution in [2.75, 3.05) is 25.1 Å². The number of anilines is 1. The highest BCUT2D eigenvalue weighted by molar-refractivity contribution is 5.46. The quantitative estimate of drug-likeness (QED) is 0.826. The first-order chi connectivity index (χ1) is 7.09. The first-order valence-corrected chi connectivity index (χ1v) is 5.17. The minimum atomic E-state index is -0.182. The Bertz CT molecular complexity index is 361. The molecule has 0 spiro atoms. The first-order valence-electron chi connectivity index (χ1n) is 5.17. The van der Waals surface area contributed by atoms with Gasteiger partial charge in [-0.25, -0.2) is 4.39 Å². The summed E-state index contributed by atoms with van der Waals surface area (Å²) < 4.78 is 18.6. The van der Waals surface area contributed by atoms with Crippen LogP contribution in [0, 0.1) is 18.2 Å². The van der Waals surface area contributed by atoms with Crippen LogP contribution in [-0.4, -0.2) is 19.8 Å². The van der Waals surface area contributed by atoms with Crippen LogP contribution < -0.4 is 5.32 Å². The minimum Gasteiger partial charge on any atom is -0.382 e. The van der Waals surface area contributed by atoms with Crippen molar-refractivity contribution in [2.24, 2.45) is 5.41 Å². The van der Waals surface area contributed by atoms with Gasteiger partial charge in [0.05, 0.1) is 18.9 Å². The summed E-state index contributed by atoms with van der Waals surface area (Å²) >= 11 is 0. The SMILES string of the molecule is Cc1ccc(NCC2(C)COC2)c(F)c1. The molecule has 1 aromatic carbocycles. The van der Waals surface area contributed by atoms with Gasteiger partial charge in [-0.15, -0.1) is 0 Å². The Morgan fingerprint density at radius 1 is 1.47 bits per heavy atom. The van der Waals surface area contributed by atoms with E-state index in [1.807, 2.05) is 13.0 Å². The molecule has 2 rings (SSSR count). The average molecular weight is 209 g/mol. The van der Waals surface area contributed by atoms with Gasteiger partial charge < -0.3 is 10.1 Å². The van der Waals surface area contributed by atoms with Crippen molar-refractivity contribution in [3.05, 3.63) is 29.6 Å². The van der Waals surface area contributed by atoms with E-state index in [0.717, 1.165) is 25.3 Å². The maximum atomic E-state index is 13.5. The maximum Gasteiger partial charge on any atom is 0.146 e. The molecule has 82 valence electrons. The molecular weight excluding hydrogens is 193 g/mol. The lowest BCUT2D eigenvalue weighted by molar-refractivity contribution is -0.0924. The molecule has 0 radical (unpaired) electrons. The van der Waals surface area contributed by atoms with Gasteiger partial charge in [-0.05, 0) is 24.6 Å². The number of aryl methyl sites for hydroxylation is 1. The Kier molecular flexibility index (Phi) is 2.65. The zero-order chi connectivity index (χ0) is 10.9. The molecule has 1 saturated heterocycles. The van der Waals surface area contributed by atoms with Crippen LogP contribution in [0.1, 0.15) is 12.5 Å². The molecule has 2 nitrogen and oxygen atoms in total. The summed E-state index contributed by atoms with van der Waals surface area (Å²) in [4.78, 5) is 0. The number of nitrogens with one attached hydrogen (secondary N) is 1. The van der Waals surface area contributed by atoms with E-state index < -0.39 is 0 Å². The van der Waals surface area contributed by atoms with Gasteiger partial charge in [0.25, 0.3) is 0 Å². The largest absolute Gasteiger partial charge is 0.382 e. The van der Waals surface area contributed by atoms with E-state index in [2.05, 4.69) is 12.2 Å². The zero-order valence-corrected chi connectivity index (χ0v) is 9.14. The Morgan fingerprint density at radius 3 is 2.73 bits per heavy atom. The number of benzene rings is 1. The van der Waals surface area contributed by atoms with Crippen LogP contribution in [0.5, 0.6) is 0 Å². The standard InChI is InChI=1S/C12H16FNO/c1-9-3-4-11(10(13)5-9)14-6-12(2)7-15-8-12/h3-5,14H,6-8H2,1-2H3. The molecule has 0 saturated carbocycles. The molecule has 3 heteroatoms. The molecule has 0 atom stereocenters. The fraction of sp³-hybridized carbons (Fsp3) is 0.500. The van der Waals surface area contributed by atoms with Gasteiger partial charge >= 0.3 is 0 Å². The number of rotatable bonds is 3. The van der Waals surface area contributed by atoms with Gasteiger partial charge in [-0.2, -0.15) is 0 Å². The summed E-state index contributed by atoms with van der Waals surface area (Å²) in [5.74, 6) is -0.182. The minimum absolute atomic E-state index is 0.164. The Labute approximate surface area is 89.4 Å². The fourth-order valence-corrected chi connectivity index (χ4v) is 1.62. The molecule has 1 heterocycles. The lowest BCUT2D eigenvalue weighted by atomic mass is 9.88. The maximum absolute atomic E-state index is 13.5. The van der Waals surface area contributed by atoms with E-state index in [-0.39, 0.29) is 11.2 Å². The van der Waals surface area contributed by atoms with Crippen molar-refractivity contribution in [3.63, 3.8) is 0 Å². The lowest BCUT2D eigenvalue weighted by Crippen LogP contribution is -2.45. The summed E-state index contributed by atoms with van der Waals surface area (Å²) in [5.41, 5.74) is 1.68. The molecule has 15 heavy (non-hydrogen) atoms. The number of hydrogen-bond donors (Lipinski definition) is 1. The highest BCUT2D eigenvalue weighted by Crippen LogP contribution is 2.27. The molecule has 1 N–H and O–H groups in total. The highest BCUT2D eigenvalue weighted by Gasteiger charge is 2.33. The van der Waals surface area contributed by atoms with E-state index >= 15 is 0 Å². The summed E-state index contributed by atoms with van der Waals surface area (Å²) in [6.07, 6.45) is 0. The second-order valence-corrected chi connectivity index (χ2v) is 4.64. The molecule has 0 unspecified atom stereocenters. The van der Waals surface area contributed by atoms with Gasteiger partial charge in [-0.1, -0.05) is 13.0 Å². The molecule has 0 bridgehead atoms. The van der Waals surface area contributed by atoms with Crippen molar-refractivity contribution in [2.45, 2.75) is 13.8 Å². The third kappa shape index (κ3) is 2.29. The molecule has 0 amide bonds. The second kappa shape index (κ2) is 3.81. The van der Waals surface area contributed by atoms with Crippen LogP contribution in [0.2, 0.25) is 0 Å². The van der Waals surface area contributed by atoms with Gasteiger partial charge in [0.2, 0.25) is 0 Å². The topological polar surface area (TPSA) is 21.3 Å². The molecule has 1 fully saturated rings. The predicted molar refractivity (Wildman–Crippen MR) is 58.6 cm³/mol. The monoisotopic (exact) mass is 209 g/mol. The van der Waals surface area contributed by atoms with E-state index in [4.69, 9.17) is 4.74 Å². The van der Waals surface area contributed by atoms with Crippen molar-refractivity contribution in [1.29, 1.82) is 0 Å². The smallest absolute Gasteiger partial charge is 0.146 e. The summed E-state index contributed by atoms with van der Waals surface area (Å²) in [7, 11) is 0. The molecule has 0 aliphatic carbocycles. The van der Waals surface area contributed by atoms with Gasteiger partial charge in [0.15, 0.2) is 0 Å². The number of hydrogen-bond acceptors (Lipinski definition) is 2. The second-order valence-electron chi connectivity index (χ2n) is 4.64. The lowest BCUT2D eigenvalue weighted by Gasteiger charge is -2.38. The van der Waals surface area contributed by atoms with Gasteiger partial charge in [0.1, 0.15) is 5.82 Å². The van der Waals surface area contributed by atoms with Crippen LogP contribution in [-0.2, 0) is 4.74 Å². The molecule has 0 aromatic heterocycles. The summed E-state index contributed by atoms with van der Waals surface area (Å²) in [6, 6.07) is 5.24. The van der Waals surface area contributed by atoms with E-state index in [9.17, 15) is 4.39 Å². The molecule has 1 aliphatic rings. The van der Waals surface area contributed by atoms with Crippen LogP contribution in [0.4, 0.5) is 10.1 Å². The van der Waals surface area contributed by atoms with Crippen molar-refractivity contribution in [1.82, 2.24) is 0 Å². The van der Waals surface area contributed by atoms with E-state index in [1.54, 1.807) is 12.1 Å². The third-order valence-corrected chi connectivity index (χ3v) is 2.73. The molecular formula is C12H16FNO. The Morgan fingerprint density at radius 2 is 2.20 bits per heavy atom. The summed E-state index contributed by atoms with van der Waals surface area (Å²) in [6.45, 7) is 6.29. The molecule has 1 aliphatic heterocycles. The van der Waals surface area contributed by atoms with Gasteiger partial charge in [-0.3, -0.25) is 0 Å². The van der Waals surface area contributed by atoms with Crippen molar-refractivity contribution in [3.8, 4) is 0 Å². The van der Waals surface area contributed by atoms with Crippen LogP contribution >= 0.6 is 0 Å². The van der Waals surface area contributed by atoms with E-state index in [0.29, 0.717) is 5.69 Å². The van der Waals surface area contributed by atoms with Crippen molar-refractivity contribution >= 4 is 5.69 Å². The Hall–Kier alpha value is -1.09. The highest BCUT2D eigenvalue weighted by atomic mass is 19.1. The van der Waals surface area contributed by atoms with E-state index in [1.165, 1.54) is 0 Å². The fourth-order valence-electron chi connectivity index (χ4n) is 1.62. The predicted octanol–water partition coefficient (Wildman–Crippen LogP) is 2.58. The van der Waals surface area contributed by atoms with Crippen molar-refractivity contribution < 1.29 is 9.13 Å². The zero-order valence-electron chi connectivity index (χ0n) is 9.14. The van der Waals surface area contributed by atoms with Crippen LogP contribution in [0.25, 0.3) is 0 Å². The summed E-state index contributed by atoms with van der Waals surface area (Å²) in [5, 5.41) is 3.13. The number of ether oxygens (including phenoxy) is 1. The molecule has 1 aromatic rings. The average Bonchev–Trinajstić information content (AvgIpc) is 2.14. The number of halogens is 1. The normalized spacial score (nSPS) is 18.3. The third-order valence-electron chi connectivity index (χ3n) is 2.73. The first kappa shape index (κ1) is 10.4. The Balaban J connectivity index is 1.98. The van der Waals surface area contributed by atoms with Crippen LogP contribution in [0.15, 0.2) is 18.2 Å². The van der Waals surface area contributed by atoms with Gasteiger partial charge in [0, 0.05) is 12.0 Å². The van der Waals surface area contributed by atoms with Crippen LogP contribution in [0.3, 0.4) is 0 Å².